The van der Waals surface area contributed by atoms with Crippen LogP contribution in [-0.4, -0.2) is 29.7 Å². The lowest BCUT2D eigenvalue weighted by Gasteiger charge is -2.40. The summed E-state index contributed by atoms with van der Waals surface area (Å²) >= 11 is 0. The molecule has 2 aliphatic carbocycles. The first-order valence-electron chi connectivity index (χ1n) is 13.0. The average molecular weight is 443 g/mol. The van der Waals surface area contributed by atoms with Gasteiger partial charge in [0.2, 0.25) is 0 Å². The highest BCUT2D eigenvalue weighted by Crippen LogP contribution is 2.40. The summed E-state index contributed by atoms with van der Waals surface area (Å²) in [5.74, 6) is -0.115. The molecule has 0 aliphatic heterocycles. The van der Waals surface area contributed by atoms with Crippen LogP contribution in [0, 0.1) is 11.3 Å². The van der Waals surface area contributed by atoms with Crippen LogP contribution in [0.2, 0.25) is 0 Å². The molecule has 1 aromatic carbocycles. The molecule has 0 spiro atoms. The fourth-order valence-electron chi connectivity index (χ4n) is 5.88. The Morgan fingerprint density at radius 3 is 2.47 bits per heavy atom. The van der Waals surface area contributed by atoms with Crippen molar-refractivity contribution in [2.45, 2.75) is 117 Å². The van der Waals surface area contributed by atoms with E-state index in [4.69, 9.17) is 0 Å². The Hall–Kier alpha value is -1.71. The highest BCUT2D eigenvalue weighted by Gasteiger charge is 2.30. The highest BCUT2D eigenvalue weighted by molar-refractivity contribution is 5.73. The standard InChI is InChI=1S/C28H46N2O2/c1-20(2)19-30(24-11-7-6-8-12-24)26-14-13-22(21(3)16-27(31)32)17-25(26)29-23-10-9-15-28(4,5)18-23/h13-14,17,20-21,23-24,29H,6-12,15-16,18-19H2,1-5H3,(H,31,32)/t21-,23?/m1/s1. The monoisotopic (exact) mass is 442 g/mol. The molecule has 4 heteroatoms. The Morgan fingerprint density at radius 2 is 1.84 bits per heavy atom. The molecule has 32 heavy (non-hydrogen) atoms. The van der Waals surface area contributed by atoms with Gasteiger partial charge in [-0.2, -0.15) is 0 Å². The van der Waals surface area contributed by atoms with Crippen LogP contribution in [0.4, 0.5) is 11.4 Å². The molecule has 1 aromatic rings. The Balaban J connectivity index is 1.95. The molecule has 3 rings (SSSR count). The molecule has 0 bridgehead atoms. The van der Waals surface area contributed by atoms with Gasteiger partial charge in [-0.05, 0) is 67.1 Å². The van der Waals surface area contributed by atoms with Gasteiger partial charge in [0.15, 0.2) is 0 Å². The van der Waals surface area contributed by atoms with Crippen molar-refractivity contribution >= 4 is 17.3 Å². The van der Waals surface area contributed by atoms with E-state index in [0.29, 0.717) is 23.4 Å². The number of carbonyl (C=O) groups is 1. The minimum Gasteiger partial charge on any atom is -0.481 e. The summed E-state index contributed by atoms with van der Waals surface area (Å²) in [5, 5.41) is 13.3. The van der Waals surface area contributed by atoms with E-state index >= 15 is 0 Å². The number of nitrogens with zero attached hydrogens (tertiary/aromatic N) is 1. The molecule has 1 unspecified atom stereocenters. The third kappa shape index (κ3) is 6.89. The smallest absolute Gasteiger partial charge is 0.303 e. The molecule has 2 saturated carbocycles. The fourth-order valence-corrected chi connectivity index (χ4v) is 5.88. The second-order valence-corrected chi connectivity index (χ2v) is 11.7. The summed E-state index contributed by atoms with van der Waals surface area (Å²) in [5.41, 5.74) is 4.04. The van der Waals surface area contributed by atoms with Gasteiger partial charge in [-0.15, -0.1) is 0 Å². The van der Waals surface area contributed by atoms with Gasteiger partial charge in [-0.3, -0.25) is 4.79 Å². The van der Waals surface area contributed by atoms with E-state index in [2.05, 4.69) is 56.1 Å². The summed E-state index contributed by atoms with van der Waals surface area (Å²) < 4.78 is 0. The SMILES string of the molecule is CC(C)CN(c1ccc([C@H](C)CC(=O)O)cc1NC1CCCC(C)(C)C1)C1CCCCC1. The quantitative estimate of drug-likeness (QED) is 0.417. The number of hydrogen-bond donors (Lipinski definition) is 2. The molecular weight excluding hydrogens is 396 g/mol. The molecular formula is C28H46N2O2. The predicted molar refractivity (Wildman–Crippen MR) is 136 cm³/mol. The summed E-state index contributed by atoms with van der Waals surface area (Å²) in [4.78, 5) is 14.0. The molecule has 4 nitrogen and oxygen atoms in total. The van der Waals surface area contributed by atoms with E-state index in [0.717, 1.165) is 12.1 Å². The first-order chi connectivity index (χ1) is 15.1. The lowest BCUT2D eigenvalue weighted by molar-refractivity contribution is -0.137. The molecule has 0 amide bonds. The minimum absolute atomic E-state index is 0.0122. The maximum Gasteiger partial charge on any atom is 0.303 e. The van der Waals surface area contributed by atoms with Gasteiger partial charge in [0, 0.05) is 18.6 Å². The third-order valence-corrected chi connectivity index (χ3v) is 7.52. The molecule has 0 radical (unpaired) electrons. The maximum absolute atomic E-state index is 11.3. The van der Waals surface area contributed by atoms with Gasteiger partial charge in [-0.25, -0.2) is 0 Å². The fraction of sp³-hybridized carbons (Fsp3) is 0.750. The Labute approximate surface area is 196 Å². The molecule has 0 heterocycles. The van der Waals surface area contributed by atoms with E-state index < -0.39 is 5.97 Å². The maximum atomic E-state index is 11.3. The topological polar surface area (TPSA) is 52.6 Å². The molecule has 2 aliphatic rings. The van der Waals surface area contributed by atoms with E-state index in [1.54, 1.807) is 0 Å². The Morgan fingerprint density at radius 1 is 1.12 bits per heavy atom. The van der Waals surface area contributed by atoms with Gasteiger partial charge < -0.3 is 15.3 Å². The van der Waals surface area contributed by atoms with Crippen LogP contribution in [-0.2, 0) is 4.79 Å². The molecule has 0 saturated heterocycles. The first-order valence-corrected chi connectivity index (χ1v) is 13.0. The normalized spacial score (nSPS) is 22.5. The zero-order valence-electron chi connectivity index (χ0n) is 21.1. The zero-order valence-corrected chi connectivity index (χ0v) is 21.1. The molecule has 0 aromatic heterocycles. The van der Waals surface area contributed by atoms with Crippen molar-refractivity contribution in [3.63, 3.8) is 0 Å². The number of rotatable bonds is 9. The van der Waals surface area contributed by atoms with Crippen LogP contribution in [0.25, 0.3) is 0 Å². The van der Waals surface area contributed by atoms with Crippen molar-refractivity contribution in [3.8, 4) is 0 Å². The summed E-state index contributed by atoms with van der Waals surface area (Å²) in [6.45, 7) is 12.5. The first kappa shape index (κ1) is 24.9. The van der Waals surface area contributed by atoms with Crippen molar-refractivity contribution in [3.05, 3.63) is 23.8 Å². The van der Waals surface area contributed by atoms with Crippen molar-refractivity contribution in [2.75, 3.05) is 16.8 Å². The Bertz CT molecular complexity index is 752. The van der Waals surface area contributed by atoms with Crippen LogP contribution >= 0.6 is 0 Å². The van der Waals surface area contributed by atoms with Crippen molar-refractivity contribution in [1.82, 2.24) is 0 Å². The minimum atomic E-state index is -0.728. The second kappa shape index (κ2) is 10.9. The van der Waals surface area contributed by atoms with Gasteiger partial charge in [-0.1, -0.05) is 66.4 Å². The predicted octanol–water partition coefficient (Wildman–Crippen LogP) is 7.44. The van der Waals surface area contributed by atoms with Crippen molar-refractivity contribution in [1.29, 1.82) is 0 Å². The van der Waals surface area contributed by atoms with Crippen LogP contribution in [0.15, 0.2) is 18.2 Å². The van der Waals surface area contributed by atoms with Crippen molar-refractivity contribution < 1.29 is 9.90 Å². The molecule has 2 N–H and O–H groups in total. The second-order valence-electron chi connectivity index (χ2n) is 11.7. The Kier molecular flexibility index (Phi) is 8.52. The number of hydrogen-bond acceptors (Lipinski definition) is 3. The van der Waals surface area contributed by atoms with E-state index in [-0.39, 0.29) is 12.3 Å². The van der Waals surface area contributed by atoms with E-state index in [1.165, 1.54) is 69.2 Å². The van der Waals surface area contributed by atoms with Crippen LogP contribution in [0.1, 0.15) is 110 Å². The van der Waals surface area contributed by atoms with Gasteiger partial charge in [0.05, 0.1) is 17.8 Å². The van der Waals surface area contributed by atoms with Gasteiger partial charge in [0.25, 0.3) is 0 Å². The molecule has 2 atom stereocenters. The van der Waals surface area contributed by atoms with Gasteiger partial charge in [0.1, 0.15) is 0 Å². The highest BCUT2D eigenvalue weighted by atomic mass is 16.4. The number of aliphatic carboxylic acids is 1. The number of benzene rings is 1. The lowest BCUT2D eigenvalue weighted by Crippen LogP contribution is -2.40. The summed E-state index contributed by atoms with van der Waals surface area (Å²) in [6, 6.07) is 7.81. The number of carboxylic acids is 1. The zero-order chi connectivity index (χ0) is 23.3. The van der Waals surface area contributed by atoms with Gasteiger partial charge >= 0.3 is 5.97 Å². The van der Waals surface area contributed by atoms with E-state index in [9.17, 15) is 9.90 Å². The number of nitrogens with one attached hydrogen (secondary N) is 1. The molecule has 180 valence electrons. The largest absolute Gasteiger partial charge is 0.481 e. The average Bonchev–Trinajstić information content (AvgIpc) is 2.71. The van der Waals surface area contributed by atoms with Crippen LogP contribution in [0.3, 0.4) is 0 Å². The number of carboxylic acid groups (broad SMARTS) is 1. The summed E-state index contributed by atoms with van der Waals surface area (Å²) in [6.07, 6.45) is 11.7. The summed E-state index contributed by atoms with van der Waals surface area (Å²) in [7, 11) is 0. The number of anilines is 2. The van der Waals surface area contributed by atoms with Crippen LogP contribution in [0.5, 0.6) is 0 Å². The third-order valence-electron chi connectivity index (χ3n) is 7.52. The molecule has 2 fully saturated rings. The van der Waals surface area contributed by atoms with Crippen LogP contribution < -0.4 is 10.2 Å². The lowest BCUT2D eigenvalue weighted by atomic mass is 9.75. The van der Waals surface area contributed by atoms with Crippen molar-refractivity contribution in [2.24, 2.45) is 11.3 Å². The van der Waals surface area contributed by atoms with E-state index in [1.807, 2.05) is 6.92 Å².